The molecule has 1 amide bonds. The number of ether oxygens (including phenoxy) is 6. The molecule has 324 valence electrons. The Morgan fingerprint density at radius 2 is 1.91 bits per heavy atom. The lowest BCUT2D eigenvalue weighted by atomic mass is 9.80. The van der Waals surface area contributed by atoms with Gasteiger partial charge in [-0.25, -0.2) is 9.59 Å². The number of aliphatic hydroxyl groups excluding tert-OH is 1. The molecule has 57 heavy (non-hydrogen) atoms. The third-order valence-electron chi connectivity index (χ3n) is 11.8. The van der Waals surface area contributed by atoms with Gasteiger partial charge in [0.2, 0.25) is 5.79 Å². The molecule has 2 N–H and O–H groups in total. The Morgan fingerprint density at radius 1 is 1.23 bits per heavy atom. The molecular formula is C40H69N6O10P. The molecule has 2 saturated heterocycles. The summed E-state index contributed by atoms with van der Waals surface area (Å²) < 4.78 is 50.3. The lowest BCUT2D eigenvalue weighted by molar-refractivity contribution is -0.266. The van der Waals surface area contributed by atoms with E-state index >= 15 is 0 Å². The molecule has 3 unspecified atom stereocenters. The van der Waals surface area contributed by atoms with Gasteiger partial charge in [0.1, 0.15) is 11.4 Å². The van der Waals surface area contributed by atoms with Crippen LogP contribution in [0.15, 0.2) is 29.1 Å². The van der Waals surface area contributed by atoms with E-state index in [9.17, 15) is 19.3 Å². The van der Waals surface area contributed by atoms with Crippen molar-refractivity contribution < 1.29 is 47.7 Å². The van der Waals surface area contributed by atoms with E-state index in [1.165, 1.54) is 0 Å². The van der Waals surface area contributed by atoms with Crippen LogP contribution in [0.4, 0.5) is 4.79 Å². The molecule has 0 radical (unpaired) electrons. The number of hydrogen-bond acceptors (Lipinski definition) is 13. The lowest BCUT2D eigenvalue weighted by Crippen LogP contribution is -2.61. The maximum atomic E-state index is 13.4. The number of aliphatic hydroxyl groups is 1. The number of carbonyl (C=O) groups excluding carboxylic acids is 2. The van der Waals surface area contributed by atoms with Crippen molar-refractivity contribution in [3.8, 4) is 0 Å². The van der Waals surface area contributed by atoms with Crippen LogP contribution in [0.3, 0.4) is 0 Å². The molecule has 12 atom stereocenters. The molecule has 0 saturated carbocycles. The molecular weight excluding hydrogens is 755 g/mol. The van der Waals surface area contributed by atoms with Gasteiger partial charge in [-0.2, -0.15) is 0 Å². The van der Waals surface area contributed by atoms with Gasteiger partial charge < -0.3 is 43.7 Å². The van der Waals surface area contributed by atoms with Crippen molar-refractivity contribution in [3.63, 3.8) is 0 Å². The fraction of sp³-hybridized carbons (Fsp3) is 0.850. The van der Waals surface area contributed by atoms with Gasteiger partial charge in [-0.15, -0.1) is 6.58 Å². The third kappa shape index (κ3) is 11.7. The largest absolute Gasteiger partial charge is 0.456 e. The third-order valence-corrected chi connectivity index (χ3v) is 12.6. The standard InChI is InChI=1S/C40H69N6O10P/c1-14-18-28(33-40(10,30(47)15-2)56-37(49)46(33)20-17-16-19-43-44-41)42-23-24(3)22-39(9,51-13)34(26(5)31-27(6)35(48)55-38(7,8)54-31)53-36-32(57-50)29(45(11)12)21-25(4)52-36/h14,24-26,28-30,32-34,36,42,47H,1,15-23H2,2-13H3/t24-,25?,26+,28-,29?,30-,32?,33-,34-,36+,39-,40-/m1/s1. The van der Waals surface area contributed by atoms with E-state index in [0.29, 0.717) is 69.5 Å². The molecule has 0 aromatic rings. The van der Waals surface area contributed by atoms with Crippen LogP contribution in [0.1, 0.15) is 101 Å². The number of hydrogen-bond donors (Lipinski definition) is 2. The van der Waals surface area contributed by atoms with Crippen LogP contribution in [0, 0.1) is 11.8 Å². The summed E-state index contributed by atoms with van der Waals surface area (Å²) in [4.78, 5) is 33.0. The first-order chi connectivity index (χ1) is 26.7. The first-order valence-corrected chi connectivity index (χ1v) is 21.1. The summed E-state index contributed by atoms with van der Waals surface area (Å²) in [6, 6.07) is -0.954. The van der Waals surface area contributed by atoms with Gasteiger partial charge in [-0.3, -0.25) is 9.46 Å². The predicted octanol–water partition coefficient (Wildman–Crippen LogP) is 6.72. The molecule has 3 heterocycles. The number of amides is 1. The van der Waals surface area contributed by atoms with Crippen LogP contribution < -0.4 is 5.32 Å². The number of unbranched alkanes of at least 4 members (excludes halogenated alkanes) is 1. The Hall–Kier alpha value is -2.81. The van der Waals surface area contributed by atoms with Crippen molar-refractivity contribution in [2.24, 2.45) is 17.0 Å². The molecule has 17 heteroatoms. The zero-order valence-electron chi connectivity index (χ0n) is 36.2. The number of nitrogens with zero attached hydrogens (tertiary/aromatic N) is 5. The van der Waals surface area contributed by atoms with Gasteiger partial charge in [0.05, 0.1) is 35.5 Å². The summed E-state index contributed by atoms with van der Waals surface area (Å²) in [7, 11) is 5.41. The Kier molecular flexibility index (Phi) is 17.8. The first kappa shape index (κ1) is 48.6. The monoisotopic (exact) mass is 824 g/mol. The second-order valence-electron chi connectivity index (χ2n) is 17.0. The molecule has 0 aromatic carbocycles. The van der Waals surface area contributed by atoms with Gasteiger partial charge in [0.15, 0.2) is 20.4 Å². The molecule has 3 aliphatic heterocycles. The van der Waals surface area contributed by atoms with Crippen LogP contribution >= 0.6 is 8.46 Å². The number of carbonyl (C=O) groups is 2. The summed E-state index contributed by atoms with van der Waals surface area (Å²) in [5.41, 5.74) is 6.32. The number of nitrogens with one attached hydrogen (secondary N) is 1. The molecule has 0 spiro atoms. The average Bonchev–Trinajstić information content (AvgIpc) is 3.41. The summed E-state index contributed by atoms with van der Waals surface area (Å²) >= 11 is 0. The summed E-state index contributed by atoms with van der Waals surface area (Å²) in [5.74, 6) is -1.87. The highest BCUT2D eigenvalue weighted by Crippen LogP contribution is 2.42. The fourth-order valence-electron chi connectivity index (χ4n) is 8.74. The lowest BCUT2D eigenvalue weighted by Gasteiger charge is -2.47. The van der Waals surface area contributed by atoms with E-state index in [2.05, 4.69) is 28.8 Å². The second-order valence-corrected chi connectivity index (χ2v) is 17.9. The van der Waals surface area contributed by atoms with Gasteiger partial charge >= 0.3 is 12.1 Å². The molecule has 0 aliphatic carbocycles. The van der Waals surface area contributed by atoms with Crippen molar-refractivity contribution in [1.29, 1.82) is 0 Å². The summed E-state index contributed by atoms with van der Waals surface area (Å²) in [5, 5.41) is 18.6. The van der Waals surface area contributed by atoms with E-state index in [1.54, 1.807) is 45.8 Å². The smallest absolute Gasteiger partial charge is 0.410 e. The van der Waals surface area contributed by atoms with Crippen molar-refractivity contribution in [3.05, 3.63) is 34.4 Å². The zero-order valence-corrected chi connectivity index (χ0v) is 37.1. The van der Waals surface area contributed by atoms with Crippen molar-refractivity contribution >= 4 is 20.5 Å². The molecule has 2 fully saturated rings. The number of methoxy groups -OCH3 is 1. The van der Waals surface area contributed by atoms with Crippen molar-refractivity contribution in [1.82, 2.24) is 15.1 Å². The topological polar surface area (TPSA) is 194 Å². The van der Waals surface area contributed by atoms with Crippen molar-refractivity contribution in [2.45, 2.75) is 166 Å². The van der Waals surface area contributed by atoms with Gasteiger partial charge in [0, 0.05) is 57.0 Å². The molecule has 0 aromatic heterocycles. The van der Waals surface area contributed by atoms with Crippen LogP contribution in [-0.2, 0) is 37.8 Å². The Labute approximate surface area is 341 Å². The van der Waals surface area contributed by atoms with Gasteiger partial charge in [-0.1, -0.05) is 32.0 Å². The average molecular weight is 825 g/mol. The molecule has 0 bridgehead atoms. The normalized spacial score (nSPS) is 30.1. The highest BCUT2D eigenvalue weighted by molar-refractivity contribution is 7.25. The predicted molar refractivity (Wildman–Crippen MR) is 217 cm³/mol. The Morgan fingerprint density at radius 3 is 2.49 bits per heavy atom. The maximum absolute atomic E-state index is 13.4. The second kappa shape index (κ2) is 20.9. The number of esters is 1. The van der Waals surface area contributed by atoms with Crippen LogP contribution in [0.2, 0.25) is 0 Å². The van der Waals surface area contributed by atoms with E-state index in [0.717, 1.165) is 0 Å². The summed E-state index contributed by atoms with van der Waals surface area (Å²) in [6.45, 7) is 21.8. The molecule has 3 rings (SSSR count). The maximum Gasteiger partial charge on any atom is 0.410 e. The van der Waals surface area contributed by atoms with Gasteiger partial charge in [0.25, 0.3) is 0 Å². The fourth-order valence-corrected chi connectivity index (χ4v) is 9.51. The molecule has 16 nitrogen and oxygen atoms in total. The Bertz CT molecular complexity index is 1480. The van der Waals surface area contributed by atoms with Gasteiger partial charge in [-0.05, 0) is 98.3 Å². The Balaban J connectivity index is 1.98. The number of rotatable bonds is 23. The van der Waals surface area contributed by atoms with E-state index in [1.807, 2.05) is 46.7 Å². The van der Waals surface area contributed by atoms with Crippen molar-refractivity contribution in [2.75, 3.05) is 40.8 Å². The SMILES string of the molecule is C=CC[C@@H](NC[C@H](C)C[C@@](C)(OC)[C@H](O[C@@H]1OC(C)CC(N(C)C)C1P=O)[C@@H](C)C1=C(C)C(=O)OC(C)(C)O1)[C@H]1N(CCCCN=[N+]=[N-])C(=O)O[C@]1(C)[C@H](O)CC. The molecule has 3 aliphatic rings. The van der Waals surface area contributed by atoms with E-state index in [4.69, 9.17) is 34.0 Å². The number of azide groups is 1. The highest BCUT2D eigenvalue weighted by Gasteiger charge is 2.57. The minimum atomic E-state index is -1.21. The van der Waals surface area contributed by atoms with Crippen LogP contribution in [0.5, 0.6) is 0 Å². The first-order valence-electron chi connectivity index (χ1n) is 20.2. The summed E-state index contributed by atoms with van der Waals surface area (Å²) in [6.07, 6.45) is 1.76. The number of cyclic esters (lactones) is 2. The van der Waals surface area contributed by atoms with E-state index < -0.39 is 65.2 Å². The highest BCUT2D eigenvalue weighted by atomic mass is 31.1. The minimum absolute atomic E-state index is 0.0591. The minimum Gasteiger partial charge on any atom is -0.456 e. The van der Waals surface area contributed by atoms with Crippen LogP contribution in [-0.4, -0.2) is 133 Å². The zero-order chi connectivity index (χ0) is 42.9. The van der Waals surface area contributed by atoms with Crippen LogP contribution in [0.25, 0.3) is 10.4 Å². The van der Waals surface area contributed by atoms with E-state index in [-0.39, 0.29) is 32.6 Å². The quantitative estimate of drug-likeness (QED) is 0.0210.